The second kappa shape index (κ2) is 6.26. The summed E-state index contributed by atoms with van der Waals surface area (Å²) in [4.78, 5) is 24.7. The maximum absolute atomic E-state index is 11.9. The van der Waals surface area contributed by atoms with Crippen molar-refractivity contribution in [1.82, 2.24) is 10.2 Å². The molecule has 1 aliphatic rings. The number of nitrogens with zero attached hydrogens (tertiary/aromatic N) is 1. The van der Waals surface area contributed by atoms with Crippen molar-refractivity contribution in [2.45, 2.75) is 26.4 Å². The van der Waals surface area contributed by atoms with Crippen molar-refractivity contribution in [1.29, 1.82) is 0 Å². The number of β-amino-alcohol motifs (C(OH)–C–C–N with tert-alkyl or cyclic N) is 1. The van der Waals surface area contributed by atoms with Gasteiger partial charge in [-0.2, -0.15) is 0 Å². The minimum Gasteiger partial charge on any atom is -0.390 e. The summed E-state index contributed by atoms with van der Waals surface area (Å²) in [7, 11) is 1.60. The summed E-state index contributed by atoms with van der Waals surface area (Å²) in [5.41, 5.74) is -0.639. The molecule has 0 aromatic rings. The van der Waals surface area contributed by atoms with Crippen LogP contribution in [0.15, 0.2) is 0 Å². The maximum atomic E-state index is 11.9. The molecule has 1 aliphatic heterocycles. The molecular weight excluding hydrogens is 236 g/mol. The predicted molar refractivity (Wildman–Crippen MR) is 65.9 cm³/mol. The molecule has 0 aromatic heterocycles. The Kier molecular flexibility index (Phi) is 5.25. The molecule has 1 rings (SSSR count). The highest BCUT2D eigenvalue weighted by Gasteiger charge is 2.44. The van der Waals surface area contributed by atoms with Gasteiger partial charge in [-0.05, 0) is 0 Å². The largest absolute Gasteiger partial charge is 0.390 e. The Morgan fingerprint density at radius 1 is 1.50 bits per heavy atom. The van der Waals surface area contributed by atoms with Gasteiger partial charge in [-0.3, -0.25) is 14.5 Å². The molecule has 0 aliphatic carbocycles. The van der Waals surface area contributed by atoms with Gasteiger partial charge in [0.15, 0.2) is 0 Å². The van der Waals surface area contributed by atoms with Crippen molar-refractivity contribution in [3.05, 3.63) is 0 Å². The lowest BCUT2D eigenvalue weighted by Gasteiger charge is -2.21. The minimum atomic E-state index is -0.747. The Bertz CT molecular complexity index is 317. The fourth-order valence-corrected chi connectivity index (χ4v) is 1.93. The normalized spacial score (nSPS) is 20.6. The maximum Gasteiger partial charge on any atom is 0.235 e. The number of rotatable bonds is 7. The number of hydrogen-bond acceptors (Lipinski definition) is 5. The van der Waals surface area contributed by atoms with Gasteiger partial charge < -0.3 is 15.2 Å². The van der Waals surface area contributed by atoms with Crippen LogP contribution in [0.2, 0.25) is 0 Å². The number of carbonyl (C=O) groups excluding carboxylic acids is 2. The second-order valence-electron chi connectivity index (χ2n) is 5.22. The third-order valence-electron chi connectivity index (χ3n) is 2.97. The fraction of sp³-hybridized carbons (Fsp3) is 0.833. The quantitative estimate of drug-likeness (QED) is 0.469. The average Bonchev–Trinajstić information content (AvgIpc) is 2.47. The van der Waals surface area contributed by atoms with E-state index in [1.165, 1.54) is 0 Å². The summed E-state index contributed by atoms with van der Waals surface area (Å²) < 4.78 is 4.86. The number of imide groups is 1. The first kappa shape index (κ1) is 15.1. The Balaban J connectivity index is 2.38. The van der Waals surface area contributed by atoms with Crippen LogP contribution < -0.4 is 5.32 Å². The van der Waals surface area contributed by atoms with E-state index in [0.29, 0.717) is 19.7 Å². The summed E-state index contributed by atoms with van der Waals surface area (Å²) >= 11 is 0. The molecule has 104 valence electrons. The topological polar surface area (TPSA) is 78.9 Å². The monoisotopic (exact) mass is 258 g/mol. The number of likely N-dealkylation sites (tertiary alicyclic amines) is 1. The van der Waals surface area contributed by atoms with E-state index >= 15 is 0 Å². The zero-order valence-corrected chi connectivity index (χ0v) is 11.2. The highest BCUT2D eigenvalue weighted by molar-refractivity contribution is 6.05. The smallest absolute Gasteiger partial charge is 0.235 e. The first-order valence-electron chi connectivity index (χ1n) is 6.11. The van der Waals surface area contributed by atoms with Gasteiger partial charge in [0.1, 0.15) is 0 Å². The molecular formula is C12H22N2O4. The van der Waals surface area contributed by atoms with Gasteiger partial charge in [-0.1, -0.05) is 13.8 Å². The molecule has 1 saturated heterocycles. The number of ether oxygens (including phenoxy) is 1. The van der Waals surface area contributed by atoms with Crippen LogP contribution in [0.25, 0.3) is 0 Å². The van der Waals surface area contributed by atoms with E-state index in [-0.39, 0.29) is 24.8 Å². The predicted octanol–water partition coefficient (Wildman–Crippen LogP) is -0.632. The van der Waals surface area contributed by atoms with Gasteiger partial charge in [-0.15, -0.1) is 0 Å². The Labute approximate surface area is 107 Å². The van der Waals surface area contributed by atoms with Crippen LogP contribution in [-0.4, -0.2) is 61.3 Å². The molecule has 6 heteroatoms. The molecule has 1 fully saturated rings. The number of aliphatic hydroxyl groups is 1. The molecule has 0 saturated carbocycles. The Morgan fingerprint density at radius 3 is 2.67 bits per heavy atom. The van der Waals surface area contributed by atoms with E-state index in [9.17, 15) is 14.7 Å². The van der Waals surface area contributed by atoms with E-state index in [1.807, 2.05) is 0 Å². The number of carbonyl (C=O) groups is 2. The zero-order chi connectivity index (χ0) is 13.8. The summed E-state index contributed by atoms with van der Waals surface area (Å²) in [6.45, 7) is 5.07. The molecule has 0 aromatic carbocycles. The molecule has 6 nitrogen and oxygen atoms in total. The van der Waals surface area contributed by atoms with Crippen molar-refractivity contribution >= 4 is 11.8 Å². The first-order chi connectivity index (χ1) is 8.38. The van der Waals surface area contributed by atoms with Crippen LogP contribution in [-0.2, 0) is 14.3 Å². The van der Waals surface area contributed by atoms with Gasteiger partial charge in [0.25, 0.3) is 0 Å². The average molecular weight is 258 g/mol. The Hall–Kier alpha value is -0.980. The molecule has 1 heterocycles. The van der Waals surface area contributed by atoms with Crippen molar-refractivity contribution < 1.29 is 19.4 Å². The lowest BCUT2D eigenvalue weighted by atomic mass is 9.92. The van der Waals surface area contributed by atoms with Crippen LogP contribution >= 0.6 is 0 Å². The van der Waals surface area contributed by atoms with Gasteiger partial charge in [0.2, 0.25) is 11.8 Å². The van der Waals surface area contributed by atoms with Gasteiger partial charge in [0.05, 0.1) is 24.7 Å². The fourth-order valence-electron chi connectivity index (χ4n) is 1.93. The summed E-state index contributed by atoms with van der Waals surface area (Å²) in [6, 6.07) is 0. The molecule has 1 unspecified atom stereocenters. The van der Waals surface area contributed by atoms with Gasteiger partial charge in [-0.25, -0.2) is 0 Å². The third-order valence-corrected chi connectivity index (χ3v) is 2.97. The van der Waals surface area contributed by atoms with Crippen LogP contribution in [0.4, 0.5) is 0 Å². The molecule has 0 radical (unpaired) electrons. The van der Waals surface area contributed by atoms with Crippen LogP contribution in [0.5, 0.6) is 0 Å². The van der Waals surface area contributed by atoms with Crippen molar-refractivity contribution in [3.8, 4) is 0 Å². The lowest BCUT2D eigenvalue weighted by Crippen LogP contribution is -2.42. The van der Waals surface area contributed by atoms with E-state index in [4.69, 9.17) is 4.74 Å². The number of hydrogen-bond donors (Lipinski definition) is 2. The highest BCUT2D eigenvalue weighted by atomic mass is 16.5. The SMILES string of the molecule is COCCNCC(O)CN1C(=O)CC(C)(C)C1=O. The summed E-state index contributed by atoms with van der Waals surface area (Å²) in [5.74, 6) is -0.413. The highest BCUT2D eigenvalue weighted by Crippen LogP contribution is 2.31. The van der Waals surface area contributed by atoms with Crippen LogP contribution in [0.3, 0.4) is 0 Å². The first-order valence-corrected chi connectivity index (χ1v) is 6.11. The van der Waals surface area contributed by atoms with Gasteiger partial charge in [0, 0.05) is 26.6 Å². The van der Waals surface area contributed by atoms with Crippen molar-refractivity contribution in [3.63, 3.8) is 0 Å². The molecule has 0 bridgehead atoms. The van der Waals surface area contributed by atoms with Crippen molar-refractivity contribution in [2.24, 2.45) is 5.41 Å². The molecule has 18 heavy (non-hydrogen) atoms. The second-order valence-corrected chi connectivity index (χ2v) is 5.22. The minimum absolute atomic E-state index is 0.0566. The Morgan fingerprint density at radius 2 is 2.17 bits per heavy atom. The lowest BCUT2D eigenvalue weighted by molar-refractivity contribution is -0.142. The number of nitrogens with one attached hydrogen (secondary N) is 1. The molecule has 2 amide bonds. The van der Waals surface area contributed by atoms with Crippen LogP contribution in [0.1, 0.15) is 20.3 Å². The van der Waals surface area contributed by atoms with Crippen LogP contribution in [0, 0.1) is 5.41 Å². The third kappa shape index (κ3) is 3.76. The van der Waals surface area contributed by atoms with E-state index < -0.39 is 11.5 Å². The molecule has 1 atom stereocenters. The van der Waals surface area contributed by atoms with E-state index in [0.717, 1.165) is 4.90 Å². The van der Waals surface area contributed by atoms with E-state index in [1.54, 1.807) is 21.0 Å². The van der Waals surface area contributed by atoms with E-state index in [2.05, 4.69) is 5.32 Å². The summed E-state index contributed by atoms with van der Waals surface area (Å²) in [6.07, 6.45) is -0.529. The standard InChI is InChI=1S/C12H22N2O4/c1-12(2)6-10(16)14(11(12)17)8-9(15)7-13-4-5-18-3/h9,13,15H,4-8H2,1-3H3. The molecule has 2 N–H and O–H groups in total. The van der Waals surface area contributed by atoms with Gasteiger partial charge >= 0.3 is 0 Å². The molecule has 0 spiro atoms. The van der Waals surface area contributed by atoms with Crippen molar-refractivity contribution in [2.75, 3.05) is 33.4 Å². The number of aliphatic hydroxyl groups excluding tert-OH is 1. The number of amides is 2. The summed E-state index contributed by atoms with van der Waals surface area (Å²) in [5, 5.41) is 12.8. The zero-order valence-electron chi connectivity index (χ0n) is 11.2. The number of methoxy groups -OCH3 is 1.